The molecule has 2 amide bonds. The van der Waals surface area contributed by atoms with Crippen molar-refractivity contribution in [1.82, 2.24) is 16.0 Å². The van der Waals surface area contributed by atoms with E-state index >= 15 is 0 Å². The number of hydrogen-bond acceptors (Lipinski definition) is 4. The zero-order valence-electron chi connectivity index (χ0n) is 12.9. The van der Waals surface area contributed by atoms with Gasteiger partial charge in [0.15, 0.2) is 0 Å². The van der Waals surface area contributed by atoms with Crippen LogP contribution in [-0.2, 0) is 9.53 Å². The van der Waals surface area contributed by atoms with Gasteiger partial charge in [-0.3, -0.25) is 4.79 Å². The molecule has 0 unspecified atom stereocenters. The maximum absolute atomic E-state index is 11.7. The molecule has 0 aliphatic heterocycles. The third kappa shape index (κ3) is 6.75. The summed E-state index contributed by atoms with van der Waals surface area (Å²) in [4.78, 5) is 22.8. The van der Waals surface area contributed by atoms with E-state index < -0.39 is 5.60 Å². The highest BCUT2D eigenvalue weighted by Gasteiger charge is 2.24. The second kappa shape index (κ2) is 7.47. The van der Waals surface area contributed by atoms with Crippen molar-refractivity contribution in [3.8, 4) is 0 Å². The van der Waals surface area contributed by atoms with Crippen LogP contribution in [0.2, 0.25) is 0 Å². The van der Waals surface area contributed by atoms with Crippen molar-refractivity contribution < 1.29 is 14.3 Å². The lowest BCUT2D eigenvalue weighted by molar-refractivity contribution is -0.119. The van der Waals surface area contributed by atoms with Gasteiger partial charge in [0.1, 0.15) is 5.60 Å². The Hall–Kier alpha value is -1.30. The largest absolute Gasteiger partial charge is 0.444 e. The molecule has 0 spiro atoms. The first kappa shape index (κ1) is 16.8. The molecule has 0 atom stereocenters. The van der Waals surface area contributed by atoms with Gasteiger partial charge in [0.2, 0.25) is 5.91 Å². The van der Waals surface area contributed by atoms with Gasteiger partial charge in [-0.1, -0.05) is 0 Å². The lowest BCUT2D eigenvalue weighted by Gasteiger charge is -2.30. The maximum Gasteiger partial charge on any atom is 0.407 e. The second-order valence-corrected chi connectivity index (χ2v) is 6.25. The summed E-state index contributed by atoms with van der Waals surface area (Å²) in [6.45, 7) is 5.91. The van der Waals surface area contributed by atoms with Crippen LogP contribution in [0.4, 0.5) is 4.79 Å². The lowest BCUT2D eigenvalue weighted by Crippen LogP contribution is -2.45. The van der Waals surface area contributed by atoms with E-state index in [1.54, 1.807) is 7.05 Å². The summed E-state index contributed by atoms with van der Waals surface area (Å²) in [5.41, 5.74) is -0.462. The minimum atomic E-state index is -0.462. The van der Waals surface area contributed by atoms with Gasteiger partial charge in [0, 0.05) is 19.1 Å². The van der Waals surface area contributed by atoms with Gasteiger partial charge in [-0.05, 0) is 46.5 Å². The Labute approximate surface area is 121 Å². The number of carbonyl (C=O) groups is 2. The smallest absolute Gasteiger partial charge is 0.407 e. The van der Waals surface area contributed by atoms with Crippen LogP contribution < -0.4 is 16.0 Å². The third-order valence-corrected chi connectivity index (χ3v) is 3.28. The minimum Gasteiger partial charge on any atom is -0.444 e. The molecule has 1 aliphatic rings. The van der Waals surface area contributed by atoms with Crippen molar-refractivity contribution >= 4 is 12.0 Å². The Balaban J connectivity index is 2.22. The molecule has 1 fully saturated rings. The quantitative estimate of drug-likeness (QED) is 0.724. The van der Waals surface area contributed by atoms with Crippen LogP contribution in [0.3, 0.4) is 0 Å². The molecule has 6 nitrogen and oxygen atoms in total. The molecule has 0 heterocycles. The number of amides is 2. The van der Waals surface area contributed by atoms with Crippen molar-refractivity contribution in [1.29, 1.82) is 0 Å². The van der Waals surface area contributed by atoms with Crippen LogP contribution in [0.25, 0.3) is 0 Å². The Kier molecular flexibility index (Phi) is 6.26. The van der Waals surface area contributed by atoms with Gasteiger partial charge in [0.05, 0.1) is 6.54 Å². The maximum atomic E-state index is 11.7. The highest BCUT2D eigenvalue weighted by atomic mass is 16.6. The van der Waals surface area contributed by atoms with E-state index in [0.717, 1.165) is 25.7 Å². The van der Waals surface area contributed by atoms with Crippen LogP contribution in [0, 0.1) is 0 Å². The summed E-state index contributed by atoms with van der Waals surface area (Å²) in [6.07, 6.45) is 3.38. The molecule has 1 saturated carbocycles. The predicted octanol–water partition coefficient (Wildman–Crippen LogP) is 1.16. The van der Waals surface area contributed by atoms with Crippen molar-refractivity contribution in [3.63, 3.8) is 0 Å². The standard InChI is InChI=1S/C14H27N3O3/c1-14(2,3)20-13(19)17-11-7-5-10(6-8-11)16-9-12(18)15-4/h10-11,16H,5-9H2,1-4H3,(H,15,18)(H,17,19). The third-order valence-electron chi connectivity index (χ3n) is 3.28. The van der Waals surface area contributed by atoms with E-state index in [1.165, 1.54) is 0 Å². The van der Waals surface area contributed by atoms with Crippen molar-refractivity contribution in [2.45, 2.75) is 64.1 Å². The first-order valence-electron chi connectivity index (χ1n) is 7.23. The van der Waals surface area contributed by atoms with Gasteiger partial charge in [-0.15, -0.1) is 0 Å². The van der Waals surface area contributed by atoms with Crippen molar-refractivity contribution in [3.05, 3.63) is 0 Å². The van der Waals surface area contributed by atoms with E-state index in [2.05, 4.69) is 16.0 Å². The Morgan fingerprint density at radius 2 is 1.65 bits per heavy atom. The first-order chi connectivity index (χ1) is 9.30. The minimum absolute atomic E-state index is 0.000923. The zero-order chi connectivity index (χ0) is 15.2. The van der Waals surface area contributed by atoms with Gasteiger partial charge in [-0.25, -0.2) is 4.79 Å². The average Bonchev–Trinajstić information content (AvgIpc) is 2.35. The predicted molar refractivity (Wildman–Crippen MR) is 77.5 cm³/mol. The fourth-order valence-electron chi connectivity index (χ4n) is 2.24. The number of ether oxygens (including phenoxy) is 1. The van der Waals surface area contributed by atoms with Crippen molar-refractivity contribution in [2.24, 2.45) is 0 Å². The summed E-state index contributed by atoms with van der Waals surface area (Å²) in [5.74, 6) is -0.000923. The normalized spacial score (nSPS) is 23.0. The Morgan fingerprint density at radius 3 is 2.15 bits per heavy atom. The number of alkyl carbamates (subject to hydrolysis) is 1. The van der Waals surface area contributed by atoms with Crippen LogP contribution >= 0.6 is 0 Å². The highest BCUT2D eigenvalue weighted by molar-refractivity contribution is 5.77. The average molecular weight is 285 g/mol. The number of hydrogen-bond donors (Lipinski definition) is 3. The fourth-order valence-corrected chi connectivity index (χ4v) is 2.24. The molecular formula is C14H27N3O3. The van der Waals surface area contributed by atoms with Crippen LogP contribution in [0.15, 0.2) is 0 Å². The zero-order valence-corrected chi connectivity index (χ0v) is 12.9. The van der Waals surface area contributed by atoms with Gasteiger partial charge >= 0.3 is 6.09 Å². The van der Waals surface area contributed by atoms with E-state index in [9.17, 15) is 9.59 Å². The molecule has 1 aliphatic carbocycles. The lowest BCUT2D eigenvalue weighted by atomic mass is 9.91. The molecule has 6 heteroatoms. The van der Waals surface area contributed by atoms with Crippen molar-refractivity contribution in [2.75, 3.05) is 13.6 Å². The van der Waals surface area contributed by atoms with Crippen LogP contribution in [0.1, 0.15) is 46.5 Å². The first-order valence-corrected chi connectivity index (χ1v) is 7.23. The van der Waals surface area contributed by atoms with Gasteiger partial charge in [0.25, 0.3) is 0 Å². The number of nitrogens with one attached hydrogen (secondary N) is 3. The molecule has 0 saturated heterocycles. The molecule has 0 aromatic heterocycles. The molecule has 0 radical (unpaired) electrons. The number of carbonyl (C=O) groups excluding carboxylic acids is 2. The van der Waals surface area contributed by atoms with E-state index in [4.69, 9.17) is 4.74 Å². The van der Waals surface area contributed by atoms with E-state index in [1.807, 2.05) is 20.8 Å². The Bertz CT molecular complexity index is 331. The second-order valence-electron chi connectivity index (χ2n) is 6.25. The summed E-state index contributed by atoms with van der Waals surface area (Å²) >= 11 is 0. The number of rotatable bonds is 4. The van der Waals surface area contributed by atoms with E-state index in [0.29, 0.717) is 12.6 Å². The summed E-state index contributed by atoms with van der Waals surface area (Å²) in [7, 11) is 1.63. The highest BCUT2D eigenvalue weighted by Crippen LogP contribution is 2.19. The summed E-state index contributed by atoms with van der Waals surface area (Å²) in [5, 5.41) is 8.72. The molecular weight excluding hydrogens is 258 g/mol. The molecule has 0 bridgehead atoms. The fraction of sp³-hybridized carbons (Fsp3) is 0.857. The van der Waals surface area contributed by atoms with Gasteiger partial charge in [-0.2, -0.15) is 0 Å². The molecule has 0 aromatic carbocycles. The topological polar surface area (TPSA) is 79.5 Å². The SMILES string of the molecule is CNC(=O)CNC1CCC(NC(=O)OC(C)(C)C)CC1. The molecule has 116 valence electrons. The monoisotopic (exact) mass is 285 g/mol. The Morgan fingerprint density at radius 1 is 1.10 bits per heavy atom. The molecule has 1 rings (SSSR count). The summed E-state index contributed by atoms with van der Waals surface area (Å²) < 4.78 is 5.24. The molecule has 0 aromatic rings. The van der Waals surface area contributed by atoms with Crippen LogP contribution in [0.5, 0.6) is 0 Å². The molecule has 20 heavy (non-hydrogen) atoms. The summed E-state index contributed by atoms with van der Waals surface area (Å²) in [6, 6.07) is 0.520. The van der Waals surface area contributed by atoms with Crippen LogP contribution in [-0.4, -0.2) is 43.3 Å². The molecule has 3 N–H and O–H groups in total. The van der Waals surface area contributed by atoms with Gasteiger partial charge < -0.3 is 20.7 Å². The van der Waals surface area contributed by atoms with E-state index in [-0.39, 0.29) is 18.0 Å². The number of likely N-dealkylation sites (N-methyl/N-ethyl adjacent to an activating group) is 1.